The molecule has 3 aromatic rings. The molecule has 2 heterocycles. The van der Waals surface area contributed by atoms with Crippen LogP contribution in [0.15, 0.2) is 52.2 Å². The number of aromatic nitrogens is 1. The summed E-state index contributed by atoms with van der Waals surface area (Å²) < 4.78 is 41.2. The van der Waals surface area contributed by atoms with Gasteiger partial charge in [-0.05, 0) is 56.5 Å². The first-order valence-corrected chi connectivity index (χ1v) is 11.4. The molecular formula is C22H24N2O5S. The third kappa shape index (κ3) is 3.75. The van der Waals surface area contributed by atoms with Gasteiger partial charge in [0.2, 0.25) is 0 Å². The molecule has 4 rings (SSSR count). The Morgan fingerprint density at radius 1 is 1.07 bits per heavy atom. The molecular weight excluding hydrogens is 404 g/mol. The maximum absolute atomic E-state index is 13.3. The van der Waals surface area contributed by atoms with Crippen LogP contribution < -0.4 is 19.8 Å². The van der Waals surface area contributed by atoms with Crippen LogP contribution >= 0.6 is 0 Å². The van der Waals surface area contributed by atoms with E-state index in [0.717, 1.165) is 24.8 Å². The van der Waals surface area contributed by atoms with Gasteiger partial charge in [0.25, 0.3) is 15.6 Å². The summed E-state index contributed by atoms with van der Waals surface area (Å²) in [6, 6.07) is 11.6. The number of hydrogen-bond acceptors (Lipinski definition) is 5. The molecule has 0 spiro atoms. The summed E-state index contributed by atoms with van der Waals surface area (Å²) in [5, 5.41) is 0.703. The molecule has 158 valence electrons. The number of benzene rings is 2. The van der Waals surface area contributed by atoms with Gasteiger partial charge in [-0.2, -0.15) is 0 Å². The molecule has 0 radical (unpaired) electrons. The summed E-state index contributed by atoms with van der Waals surface area (Å²) >= 11 is 0. The molecule has 7 nitrogen and oxygen atoms in total. The minimum Gasteiger partial charge on any atom is -0.493 e. The normalized spacial score (nSPS) is 14.3. The molecule has 0 saturated carbocycles. The Hall–Kier alpha value is -3.00. The van der Waals surface area contributed by atoms with Gasteiger partial charge in [0.15, 0.2) is 11.5 Å². The third-order valence-electron chi connectivity index (χ3n) is 5.24. The fraction of sp³-hybridized carbons (Fsp3) is 0.318. The van der Waals surface area contributed by atoms with Crippen molar-refractivity contribution in [2.24, 2.45) is 0 Å². The largest absolute Gasteiger partial charge is 0.493 e. The average Bonchev–Trinajstić information content (AvgIpc) is 2.83. The number of methoxy groups -OCH3 is 1. The Morgan fingerprint density at radius 3 is 2.57 bits per heavy atom. The molecule has 1 aromatic heterocycles. The number of nitrogens with one attached hydrogen (secondary N) is 1. The minimum absolute atomic E-state index is 0.0124. The molecule has 2 aromatic carbocycles. The lowest BCUT2D eigenvalue weighted by Crippen LogP contribution is -2.26. The fourth-order valence-corrected chi connectivity index (χ4v) is 4.71. The Kier molecular flexibility index (Phi) is 5.42. The van der Waals surface area contributed by atoms with Crippen LogP contribution in [0.25, 0.3) is 10.9 Å². The second-order valence-electron chi connectivity index (χ2n) is 7.38. The molecule has 8 heteroatoms. The van der Waals surface area contributed by atoms with E-state index in [1.807, 2.05) is 6.92 Å². The van der Waals surface area contributed by atoms with Crippen LogP contribution in [0.2, 0.25) is 0 Å². The van der Waals surface area contributed by atoms with Gasteiger partial charge in [0.1, 0.15) is 5.69 Å². The molecule has 30 heavy (non-hydrogen) atoms. The molecule has 1 aliphatic rings. The van der Waals surface area contributed by atoms with Crippen molar-refractivity contribution in [1.82, 2.24) is 4.57 Å². The van der Waals surface area contributed by atoms with Gasteiger partial charge in [-0.25, -0.2) is 8.42 Å². The lowest BCUT2D eigenvalue weighted by molar-refractivity contribution is 0.290. The fourth-order valence-electron chi connectivity index (χ4n) is 3.66. The summed E-state index contributed by atoms with van der Waals surface area (Å²) in [6.45, 7) is 2.89. The highest BCUT2D eigenvalue weighted by molar-refractivity contribution is 7.92. The zero-order chi connectivity index (χ0) is 21.3. The predicted octanol–water partition coefficient (Wildman–Crippen LogP) is 3.68. The van der Waals surface area contributed by atoms with Crippen molar-refractivity contribution in [3.8, 4) is 11.5 Å². The van der Waals surface area contributed by atoms with Crippen LogP contribution in [0.4, 0.5) is 5.69 Å². The van der Waals surface area contributed by atoms with Gasteiger partial charge in [0.05, 0.1) is 24.1 Å². The van der Waals surface area contributed by atoms with Crippen LogP contribution in [0, 0.1) is 6.92 Å². The predicted molar refractivity (Wildman–Crippen MR) is 116 cm³/mol. The van der Waals surface area contributed by atoms with Gasteiger partial charge in [-0.3, -0.25) is 9.52 Å². The maximum atomic E-state index is 13.3. The Morgan fingerprint density at radius 2 is 1.83 bits per heavy atom. The van der Waals surface area contributed by atoms with E-state index in [2.05, 4.69) is 4.72 Å². The highest BCUT2D eigenvalue weighted by atomic mass is 32.2. The minimum atomic E-state index is -3.89. The van der Waals surface area contributed by atoms with Crippen LogP contribution in [-0.2, 0) is 16.6 Å². The number of pyridine rings is 1. The van der Waals surface area contributed by atoms with Crippen molar-refractivity contribution in [1.29, 1.82) is 0 Å². The number of sulfonamides is 1. The van der Waals surface area contributed by atoms with Gasteiger partial charge in [-0.15, -0.1) is 0 Å². The van der Waals surface area contributed by atoms with E-state index >= 15 is 0 Å². The molecule has 0 bridgehead atoms. The molecule has 1 N–H and O–H groups in total. The van der Waals surface area contributed by atoms with Gasteiger partial charge >= 0.3 is 0 Å². The van der Waals surface area contributed by atoms with Crippen molar-refractivity contribution < 1.29 is 17.9 Å². The lowest BCUT2D eigenvalue weighted by atomic mass is 10.1. The van der Waals surface area contributed by atoms with Crippen LogP contribution in [0.3, 0.4) is 0 Å². The zero-order valence-corrected chi connectivity index (χ0v) is 17.8. The van der Waals surface area contributed by atoms with E-state index in [9.17, 15) is 13.2 Å². The summed E-state index contributed by atoms with van der Waals surface area (Å²) in [4.78, 5) is 13.4. The van der Waals surface area contributed by atoms with E-state index in [1.54, 1.807) is 42.0 Å². The molecule has 0 amide bonds. The smallest absolute Gasteiger partial charge is 0.275 e. The molecule has 0 atom stereocenters. The van der Waals surface area contributed by atoms with E-state index in [4.69, 9.17) is 9.47 Å². The second kappa shape index (κ2) is 8.02. The number of nitrogens with zero attached hydrogens (tertiary/aromatic N) is 1. The number of aryl methyl sites for hydroxylation is 2. The number of rotatable bonds is 4. The zero-order valence-electron chi connectivity index (χ0n) is 17.0. The first-order chi connectivity index (χ1) is 14.4. The first kappa shape index (κ1) is 20.3. The number of ether oxygens (including phenoxy) is 2. The molecule has 0 aliphatic carbocycles. The monoisotopic (exact) mass is 428 g/mol. The van der Waals surface area contributed by atoms with Crippen molar-refractivity contribution in [2.45, 2.75) is 37.6 Å². The highest BCUT2D eigenvalue weighted by Gasteiger charge is 2.21. The standard InChI is InChI=1S/C22H24N2O5S/c1-15-6-9-17(10-7-15)30(26,27)23-18-14-16-8-11-19(28-2)21-20(16)24(22(18)25)12-4-3-5-13-29-21/h6-11,14,23H,3-5,12-13H2,1-2H3. The lowest BCUT2D eigenvalue weighted by Gasteiger charge is -2.18. The number of hydrogen-bond donors (Lipinski definition) is 1. The van der Waals surface area contributed by atoms with Crippen molar-refractivity contribution in [3.05, 3.63) is 58.4 Å². The van der Waals surface area contributed by atoms with E-state index < -0.39 is 15.6 Å². The number of anilines is 1. The Balaban J connectivity index is 1.88. The highest BCUT2D eigenvalue weighted by Crippen LogP contribution is 2.37. The first-order valence-electron chi connectivity index (χ1n) is 9.87. The van der Waals surface area contributed by atoms with Crippen molar-refractivity contribution in [3.63, 3.8) is 0 Å². The third-order valence-corrected chi connectivity index (χ3v) is 6.62. The summed E-state index contributed by atoms with van der Waals surface area (Å²) in [5.41, 5.74) is 1.19. The molecule has 0 unspecified atom stereocenters. The molecule has 0 fully saturated rings. The maximum Gasteiger partial charge on any atom is 0.275 e. The average molecular weight is 429 g/mol. The SMILES string of the molecule is COc1ccc2cc(NS(=O)(=O)c3ccc(C)cc3)c(=O)n3c2c1OCCCCC3. The topological polar surface area (TPSA) is 86.6 Å². The van der Waals surface area contributed by atoms with Crippen molar-refractivity contribution >= 4 is 26.6 Å². The van der Waals surface area contributed by atoms with Crippen molar-refractivity contribution in [2.75, 3.05) is 18.4 Å². The van der Waals surface area contributed by atoms with Gasteiger partial charge < -0.3 is 14.0 Å². The van der Waals surface area contributed by atoms with Gasteiger partial charge in [-0.1, -0.05) is 17.7 Å². The molecule has 1 aliphatic heterocycles. The summed E-state index contributed by atoms with van der Waals surface area (Å²) in [5.74, 6) is 1.06. The van der Waals surface area contributed by atoms with Crippen LogP contribution in [-0.4, -0.2) is 26.7 Å². The summed E-state index contributed by atoms with van der Waals surface area (Å²) in [6.07, 6.45) is 2.57. The van der Waals surface area contributed by atoms with Gasteiger partial charge in [0, 0.05) is 11.9 Å². The van der Waals surface area contributed by atoms with E-state index in [-0.39, 0.29) is 10.6 Å². The van der Waals surface area contributed by atoms with Crippen LogP contribution in [0.1, 0.15) is 24.8 Å². The second-order valence-corrected chi connectivity index (χ2v) is 9.06. The molecule has 0 saturated heterocycles. The Labute approximate surface area is 175 Å². The van der Waals surface area contributed by atoms with E-state index in [1.165, 1.54) is 12.1 Å². The van der Waals surface area contributed by atoms with E-state index in [0.29, 0.717) is 35.6 Å². The summed E-state index contributed by atoms with van der Waals surface area (Å²) in [7, 11) is -2.34. The van der Waals surface area contributed by atoms with Crippen LogP contribution in [0.5, 0.6) is 11.5 Å². The Bertz CT molecular complexity index is 1250. The quantitative estimate of drug-likeness (QED) is 0.685.